The fraction of sp³-hybridized carbons (Fsp3) is 0.296. The van der Waals surface area contributed by atoms with Crippen molar-refractivity contribution in [1.29, 1.82) is 0 Å². The van der Waals surface area contributed by atoms with Crippen LogP contribution in [0.1, 0.15) is 37.8 Å². The van der Waals surface area contributed by atoms with Crippen LogP contribution in [0.5, 0.6) is 5.75 Å². The van der Waals surface area contributed by atoms with Crippen molar-refractivity contribution in [1.82, 2.24) is 10.2 Å². The molecule has 1 aromatic carbocycles. The van der Waals surface area contributed by atoms with Gasteiger partial charge in [0.2, 0.25) is 0 Å². The summed E-state index contributed by atoms with van der Waals surface area (Å²) in [7, 11) is 1.70. The second-order valence-corrected chi connectivity index (χ2v) is 8.09. The Kier molecular flexibility index (Phi) is 6.38. The van der Waals surface area contributed by atoms with Crippen molar-refractivity contribution in [2.24, 2.45) is 0 Å². The Morgan fingerprint density at radius 3 is 2.81 bits per heavy atom. The number of benzene rings is 1. The number of rotatable bonds is 5. The Bertz CT molecular complexity index is 1070. The number of fused-ring (bicyclic) bond motifs is 1. The van der Waals surface area contributed by atoms with Crippen molar-refractivity contribution in [3.8, 4) is 5.75 Å². The van der Waals surface area contributed by atoms with Crippen LogP contribution in [0.2, 0.25) is 0 Å². The maximum atomic E-state index is 13.3. The normalized spacial score (nSPS) is 23.1. The van der Waals surface area contributed by atoms with E-state index in [1.54, 1.807) is 18.1 Å². The summed E-state index contributed by atoms with van der Waals surface area (Å²) < 4.78 is 5.51. The molecular weight excluding hydrogens is 384 g/mol. The molecule has 4 rings (SSSR count). The van der Waals surface area contributed by atoms with E-state index in [0.29, 0.717) is 0 Å². The summed E-state index contributed by atoms with van der Waals surface area (Å²) >= 11 is 0. The van der Waals surface area contributed by atoms with E-state index in [4.69, 9.17) is 4.74 Å². The average Bonchev–Trinajstić information content (AvgIpc) is 2.78. The molecule has 0 saturated heterocycles. The second kappa shape index (κ2) is 9.36. The van der Waals surface area contributed by atoms with Crippen LogP contribution in [-0.2, 0) is 11.2 Å². The van der Waals surface area contributed by atoms with E-state index in [2.05, 4.69) is 37.4 Å². The molecule has 0 radical (unpaired) electrons. The van der Waals surface area contributed by atoms with Crippen LogP contribution in [0.15, 0.2) is 83.3 Å². The lowest BCUT2D eigenvalue weighted by molar-refractivity contribution is -0.122. The molecule has 3 heterocycles. The van der Waals surface area contributed by atoms with Crippen molar-refractivity contribution >= 4 is 11.5 Å². The van der Waals surface area contributed by atoms with Gasteiger partial charge in [0, 0.05) is 18.8 Å². The molecule has 0 spiro atoms. The van der Waals surface area contributed by atoms with E-state index in [0.717, 1.165) is 66.1 Å². The summed E-state index contributed by atoms with van der Waals surface area (Å²) in [5.41, 5.74) is 7.55. The molecule has 160 valence electrons. The lowest BCUT2D eigenvalue weighted by Crippen LogP contribution is -2.28. The average molecular weight is 415 g/mol. The zero-order chi connectivity index (χ0) is 21.8. The first-order valence-electron chi connectivity index (χ1n) is 11.0. The largest absolute Gasteiger partial charge is 0.496 e. The standard InChI is InChI=1S/C27H30N2O2/c1-4-6-23-16-22(9-10-26(23)31-3)21-7-5-8-25-19(2)15-24(18-29(25)27(30)17-21)20-11-13-28-14-12-20/h5,7-11,15-18,28H,4,6,12-14H2,1-3H3/b7-5+,21-17+,25-8+. The molecule has 0 unspecified atom stereocenters. The molecule has 3 aliphatic heterocycles. The van der Waals surface area contributed by atoms with E-state index in [1.807, 2.05) is 36.6 Å². The number of aryl methyl sites for hydroxylation is 1. The molecule has 3 aliphatic rings. The van der Waals surface area contributed by atoms with Gasteiger partial charge in [0.15, 0.2) is 0 Å². The van der Waals surface area contributed by atoms with Gasteiger partial charge in [-0.05, 0) is 84.0 Å². The molecule has 0 saturated carbocycles. The smallest absolute Gasteiger partial charge is 0.255 e. The van der Waals surface area contributed by atoms with Gasteiger partial charge in [0.1, 0.15) is 5.75 Å². The summed E-state index contributed by atoms with van der Waals surface area (Å²) in [6.07, 6.45) is 17.2. The summed E-state index contributed by atoms with van der Waals surface area (Å²) in [6.45, 7) is 6.07. The molecule has 0 aliphatic carbocycles. The van der Waals surface area contributed by atoms with Crippen LogP contribution in [0.3, 0.4) is 0 Å². The number of ether oxygens (including phenoxy) is 1. The molecule has 31 heavy (non-hydrogen) atoms. The molecule has 1 amide bonds. The monoisotopic (exact) mass is 414 g/mol. The lowest BCUT2D eigenvalue weighted by Gasteiger charge is -2.29. The Morgan fingerprint density at radius 1 is 1.19 bits per heavy atom. The van der Waals surface area contributed by atoms with Gasteiger partial charge in [-0.2, -0.15) is 0 Å². The van der Waals surface area contributed by atoms with Crippen LogP contribution in [0.25, 0.3) is 5.57 Å². The van der Waals surface area contributed by atoms with Gasteiger partial charge in [-0.1, -0.05) is 37.6 Å². The predicted octanol–water partition coefficient (Wildman–Crippen LogP) is 5.08. The summed E-state index contributed by atoms with van der Waals surface area (Å²) in [6, 6.07) is 6.16. The minimum atomic E-state index is -0.0297. The predicted molar refractivity (Wildman–Crippen MR) is 126 cm³/mol. The molecule has 4 nitrogen and oxygen atoms in total. The molecule has 4 heteroatoms. The molecule has 0 atom stereocenters. The molecule has 0 bridgehead atoms. The number of carbonyl (C=O) groups excluding carboxylic acids is 1. The zero-order valence-electron chi connectivity index (χ0n) is 18.6. The van der Waals surface area contributed by atoms with E-state index in [1.165, 1.54) is 11.1 Å². The van der Waals surface area contributed by atoms with Gasteiger partial charge in [0.25, 0.3) is 5.91 Å². The highest BCUT2D eigenvalue weighted by molar-refractivity contribution is 6.00. The first-order valence-corrected chi connectivity index (χ1v) is 11.0. The van der Waals surface area contributed by atoms with Crippen molar-refractivity contribution in [2.45, 2.75) is 33.1 Å². The zero-order valence-corrected chi connectivity index (χ0v) is 18.6. The SMILES string of the molecule is CCCc1cc(C2=C\C(=O)N3C=C(C4=CCNCC4)C=C(C)\C3=C/C=C/2)ccc1OC. The Labute approximate surface area is 185 Å². The maximum absolute atomic E-state index is 13.3. The number of carbonyl (C=O) groups is 1. The van der Waals surface area contributed by atoms with E-state index in [9.17, 15) is 4.79 Å². The number of allylic oxidation sites excluding steroid dienone is 7. The quantitative estimate of drug-likeness (QED) is 0.731. The first-order chi connectivity index (χ1) is 15.1. The second-order valence-electron chi connectivity index (χ2n) is 8.09. The third-order valence-corrected chi connectivity index (χ3v) is 5.92. The van der Waals surface area contributed by atoms with Gasteiger partial charge in [-0.3, -0.25) is 9.69 Å². The number of amides is 1. The number of hydrogen-bond donors (Lipinski definition) is 1. The summed E-state index contributed by atoms with van der Waals surface area (Å²) in [5.74, 6) is 0.868. The van der Waals surface area contributed by atoms with Crippen LogP contribution in [0, 0.1) is 0 Å². The van der Waals surface area contributed by atoms with Crippen LogP contribution in [-0.4, -0.2) is 31.0 Å². The molecule has 0 aromatic heterocycles. The van der Waals surface area contributed by atoms with Gasteiger partial charge >= 0.3 is 0 Å². The minimum Gasteiger partial charge on any atom is -0.496 e. The third-order valence-electron chi connectivity index (χ3n) is 5.92. The highest BCUT2D eigenvalue weighted by Crippen LogP contribution is 2.32. The highest BCUT2D eigenvalue weighted by Gasteiger charge is 2.23. The maximum Gasteiger partial charge on any atom is 0.255 e. The van der Waals surface area contributed by atoms with Gasteiger partial charge < -0.3 is 10.1 Å². The number of methoxy groups -OCH3 is 1. The van der Waals surface area contributed by atoms with Crippen LogP contribution >= 0.6 is 0 Å². The van der Waals surface area contributed by atoms with Gasteiger partial charge in [-0.15, -0.1) is 0 Å². The van der Waals surface area contributed by atoms with Crippen molar-refractivity contribution in [2.75, 3.05) is 20.2 Å². The topological polar surface area (TPSA) is 41.6 Å². The first kappa shape index (κ1) is 21.1. The van der Waals surface area contributed by atoms with Crippen LogP contribution < -0.4 is 10.1 Å². The Balaban J connectivity index is 1.71. The van der Waals surface area contributed by atoms with Crippen molar-refractivity contribution in [3.05, 3.63) is 94.4 Å². The fourth-order valence-corrected chi connectivity index (χ4v) is 4.29. The summed E-state index contributed by atoms with van der Waals surface area (Å²) in [5, 5.41) is 3.35. The van der Waals surface area contributed by atoms with Gasteiger partial charge in [-0.25, -0.2) is 0 Å². The van der Waals surface area contributed by atoms with E-state index in [-0.39, 0.29) is 5.91 Å². The molecular formula is C27H30N2O2. The van der Waals surface area contributed by atoms with Crippen molar-refractivity contribution < 1.29 is 9.53 Å². The van der Waals surface area contributed by atoms with Gasteiger partial charge in [0.05, 0.1) is 12.8 Å². The number of hydrogen-bond acceptors (Lipinski definition) is 3. The molecule has 0 fully saturated rings. The molecule has 1 N–H and O–H groups in total. The Morgan fingerprint density at radius 2 is 2.06 bits per heavy atom. The van der Waals surface area contributed by atoms with Crippen molar-refractivity contribution in [3.63, 3.8) is 0 Å². The lowest BCUT2D eigenvalue weighted by atomic mass is 9.94. The van der Waals surface area contributed by atoms with E-state index >= 15 is 0 Å². The Hall–Kier alpha value is -3.11. The van der Waals surface area contributed by atoms with Crippen LogP contribution in [0.4, 0.5) is 0 Å². The van der Waals surface area contributed by atoms with E-state index < -0.39 is 0 Å². The third kappa shape index (κ3) is 4.49. The minimum absolute atomic E-state index is 0.0297. The molecule has 1 aromatic rings. The fourth-order valence-electron chi connectivity index (χ4n) is 4.29. The summed E-state index contributed by atoms with van der Waals surface area (Å²) in [4.78, 5) is 15.1. The highest BCUT2D eigenvalue weighted by atomic mass is 16.5. The number of nitrogens with zero attached hydrogens (tertiary/aromatic N) is 1. The number of nitrogens with one attached hydrogen (secondary N) is 1.